The van der Waals surface area contributed by atoms with Crippen LogP contribution in [-0.2, 0) is 14.3 Å². The number of ether oxygens (including phenoxy) is 2. The van der Waals surface area contributed by atoms with Crippen molar-refractivity contribution in [3.63, 3.8) is 0 Å². The first kappa shape index (κ1) is 6.68. The second-order valence-electron chi connectivity index (χ2n) is 3.29. The minimum absolute atomic E-state index is 0.0349. The van der Waals surface area contributed by atoms with E-state index in [2.05, 4.69) is 10.2 Å². The lowest BCUT2D eigenvalue weighted by molar-refractivity contribution is -0.158. The Morgan fingerprint density at radius 3 is 3.33 bits per heavy atom. The van der Waals surface area contributed by atoms with Gasteiger partial charge in [0, 0.05) is 5.92 Å². The standard InChI is InChI=1S/C7H8N2O3/c10-6-5-3(1-8-9-5)4-2-11-7(6)12-4/h3-5,7H,1-2H2/t3-,4-,5-,7-/m1/s1. The highest BCUT2D eigenvalue weighted by Crippen LogP contribution is 2.34. The van der Waals surface area contributed by atoms with Crippen molar-refractivity contribution in [3.8, 4) is 0 Å². The molecule has 2 fully saturated rings. The van der Waals surface area contributed by atoms with Crippen LogP contribution in [0.1, 0.15) is 0 Å². The molecule has 0 aromatic carbocycles. The number of rotatable bonds is 0. The maximum atomic E-state index is 11.5. The molecule has 0 aromatic rings. The molecular formula is C7H8N2O3. The van der Waals surface area contributed by atoms with Crippen molar-refractivity contribution in [1.29, 1.82) is 0 Å². The maximum Gasteiger partial charge on any atom is 0.220 e. The van der Waals surface area contributed by atoms with E-state index in [0.717, 1.165) is 0 Å². The zero-order valence-corrected chi connectivity index (χ0v) is 6.34. The summed E-state index contributed by atoms with van der Waals surface area (Å²) in [6.45, 7) is 1.12. The Bertz CT molecular complexity index is 265. The summed E-state index contributed by atoms with van der Waals surface area (Å²) < 4.78 is 10.5. The van der Waals surface area contributed by atoms with Crippen LogP contribution in [0.3, 0.4) is 0 Å². The Kier molecular flexibility index (Phi) is 1.18. The summed E-state index contributed by atoms with van der Waals surface area (Å²) in [5.41, 5.74) is 0. The van der Waals surface area contributed by atoms with E-state index >= 15 is 0 Å². The van der Waals surface area contributed by atoms with Crippen molar-refractivity contribution in [2.45, 2.75) is 18.4 Å². The minimum Gasteiger partial charge on any atom is -0.343 e. The Hall–Kier alpha value is -0.810. The fourth-order valence-corrected chi connectivity index (χ4v) is 1.94. The zero-order valence-electron chi connectivity index (χ0n) is 6.34. The molecule has 3 rings (SSSR count). The molecule has 0 aliphatic carbocycles. The van der Waals surface area contributed by atoms with Gasteiger partial charge in [-0.15, -0.1) is 0 Å². The van der Waals surface area contributed by atoms with Crippen LogP contribution in [0.4, 0.5) is 0 Å². The molecule has 2 saturated heterocycles. The van der Waals surface area contributed by atoms with Gasteiger partial charge in [-0.3, -0.25) is 4.79 Å². The summed E-state index contributed by atoms with van der Waals surface area (Å²) in [4.78, 5) is 11.5. The molecule has 0 amide bonds. The molecule has 4 atom stereocenters. The number of hydrogen-bond acceptors (Lipinski definition) is 5. The Balaban J connectivity index is 1.98. The van der Waals surface area contributed by atoms with Crippen molar-refractivity contribution in [1.82, 2.24) is 0 Å². The van der Waals surface area contributed by atoms with Crippen LogP contribution >= 0.6 is 0 Å². The molecular weight excluding hydrogens is 160 g/mol. The van der Waals surface area contributed by atoms with Gasteiger partial charge < -0.3 is 9.47 Å². The van der Waals surface area contributed by atoms with Gasteiger partial charge in [-0.25, -0.2) is 0 Å². The van der Waals surface area contributed by atoms with Crippen molar-refractivity contribution >= 4 is 5.78 Å². The van der Waals surface area contributed by atoms with Crippen LogP contribution in [0, 0.1) is 5.92 Å². The van der Waals surface area contributed by atoms with Gasteiger partial charge in [0.15, 0.2) is 0 Å². The minimum atomic E-state index is -0.659. The van der Waals surface area contributed by atoms with Crippen LogP contribution in [0.5, 0.6) is 0 Å². The molecule has 3 aliphatic rings. The van der Waals surface area contributed by atoms with Gasteiger partial charge in [-0.2, -0.15) is 10.2 Å². The zero-order chi connectivity index (χ0) is 8.13. The molecule has 5 heteroatoms. The highest BCUT2D eigenvalue weighted by Gasteiger charge is 2.51. The molecule has 5 nitrogen and oxygen atoms in total. The number of carbonyl (C=O) groups is 1. The molecule has 0 spiro atoms. The van der Waals surface area contributed by atoms with E-state index in [9.17, 15) is 4.79 Å². The van der Waals surface area contributed by atoms with Gasteiger partial charge in [0.05, 0.1) is 19.3 Å². The van der Waals surface area contributed by atoms with Crippen molar-refractivity contribution in [3.05, 3.63) is 0 Å². The monoisotopic (exact) mass is 168 g/mol. The molecule has 3 heterocycles. The fourth-order valence-electron chi connectivity index (χ4n) is 1.94. The third kappa shape index (κ3) is 0.676. The molecule has 0 aromatic heterocycles. The summed E-state index contributed by atoms with van der Waals surface area (Å²) in [6, 6.07) is -0.281. The Labute approximate surface area is 68.7 Å². The van der Waals surface area contributed by atoms with Crippen LogP contribution in [-0.4, -0.2) is 37.4 Å². The molecule has 12 heavy (non-hydrogen) atoms. The van der Waals surface area contributed by atoms with E-state index < -0.39 is 6.29 Å². The average Bonchev–Trinajstić information content (AvgIpc) is 2.69. The van der Waals surface area contributed by atoms with E-state index in [1.165, 1.54) is 0 Å². The van der Waals surface area contributed by atoms with Crippen molar-refractivity contribution < 1.29 is 14.3 Å². The summed E-state index contributed by atoms with van der Waals surface area (Å²) in [7, 11) is 0. The van der Waals surface area contributed by atoms with Crippen LogP contribution in [0.15, 0.2) is 10.2 Å². The summed E-state index contributed by atoms with van der Waals surface area (Å²) in [5, 5.41) is 7.76. The summed E-state index contributed by atoms with van der Waals surface area (Å²) in [6.07, 6.45) is -0.624. The van der Waals surface area contributed by atoms with Crippen LogP contribution in [0.2, 0.25) is 0 Å². The molecule has 0 radical (unpaired) electrons. The second-order valence-corrected chi connectivity index (χ2v) is 3.29. The molecule has 0 unspecified atom stereocenters. The lowest BCUT2D eigenvalue weighted by Gasteiger charge is -2.25. The molecule has 0 N–H and O–H groups in total. The largest absolute Gasteiger partial charge is 0.343 e. The normalized spacial score (nSPS) is 49.8. The number of Topliss-reactive ketones (excluding diaryl/α,β-unsaturated/α-hetero) is 1. The van der Waals surface area contributed by atoms with E-state index in [0.29, 0.717) is 13.2 Å². The highest BCUT2D eigenvalue weighted by molar-refractivity contribution is 5.89. The van der Waals surface area contributed by atoms with Crippen LogP contribution in [0.25, 0.3) is 0 Å². The predicted molar refractivity (Wildman–Crippen MR) is 36.6 cm³/mol. The SMILES string of the molecule is O=C1[C@@H]2OC[C@@H](O2)[C@H]2CN=N[C@@H]12. The van der Waals surface area contributed by atoms with E-state index in [-0.39, 0.29) is 23.8 Å². The second kappa shape index (κ2) is 2.11. The molecule has 3 aliphatic heterocycles. The van der Waals surface area contributed by atoms with E-state index in [4.69, 9.17) is 9.47 Å². The number of ketones is 1. The number of azo groups is 1. The number of carbonyl (C=O) groups excluding carboxylic acids is 1. The third-order valence-electron chi connectivity index (χ3n) is 2.62. The number of nitrogens with zero attached hydrogens (tertiary/aromatic N) is 2. The quantitative estimate of drug-likeness (QED) is 0.501. The lowest BCUT2D eigenvalue weighted by atomic mass is 9.91. The summed E-state index contributed by atoms with van der Waals surface area (Å²) in [5.74, 6) is 0.0752. The lowest BCUT2D eigenvalue weighted by Crippen LogP contribution is -2.45. The van der Waals surface area contributed by atoms with Crippen LogP contribution < -0.4 is 0 Å². The smallest absolute Gasteiger partial charge is 0.220 e. The topological polar surface area (TPSA) is 60.2 Å². The maximum absolute atomic E-state index is 11.5. The van der Waals surface area contributed by atoms with Crippen molar-refractivity contribution in [2.75, 3.05) is 13.2 Å². The van der Waals surface area contributed by atoms with Gasteiger partial charge in [0.25, 0.3) is 0 Å². The first-order chi connectivity index (χ1) is 5.86. The van der Waals surface area contributed by atoms with Gasteiger partial charge in [0.2, 0.25) is 12.1 Å². The highest BCUT2D eigenvalue weighted by atomic mass is 16.7. The molecule has 2 bridgehead atoms. The number of fused-ring (bicyclic) bond motifs is 4. The first-order valence-corrected chi connectivity index (χ1v) is 4.03. The van der Waals surface area contributed by atoms with Crippen molar-refractivity contribution in [2.24, 2.45) is 16.1 Å². The van der Waals surface area contributed by atoms with Gasteiger partial charge >= 0.3 is 0 Å². The fraction of sp³-hybridized carbons (Fsp3) is 0.857. The predicted octanol–water partition coefficient (Wildman–Crippen LogP) is -0.239. The van der Waals surface area contributed by atoms with Gasteiger partial charge in [-0.1, -0.05) is 0 Å². The first-order valence-electron chi connectivity index (χ1n) is 4.03. The summed E-state index contributed by atoms with van der Waals surface area (Å²) >= 11 is 0. The Morgan fingerprint density at radius 2 is 2.42 bits per heavy atom. The third-order valence-corrected chi connectivity index (χ3v) is 2.62. The number of hydrogen-bond donors (Lipinski definition) is 0. The van der Waals surface area contributed by atoms with Gasteiger partial charge in [-0.05, 0) is 0 Å². The molecule has 64 valence electrons. The molecule has 0 saturated carbocycles. The Morgan fingerprint density at radius 1 is 1.50 bits per heavy atom. The van der Waals surface area contributed by atoms with E-state index in [1.54, 1.807) is 0 Å². The van der Waals surface area contributed by atoms with Gasteiger partial charge in [0.1, 0.15) is 6.04 Å². The average molecular weight is 168 g/mol. The van der Waals surface area contributed by atoms with E-state index in [1.807, 2.05) is 0 Å².